The van der Waals surface area contributed by atoms with Gasteiger partial charge >= 0.3 is 18.1 Å². The van der Waals surface area contributed by atoms with Gasteiger partial charge in [-0.05, 0) is 61.2 Å². The number of ether oxygens (including phenoxy) is 1. The fraction of sp³-hybridized carbons (Fsp3) is 0.379. The van der Waals surface area contributed by atoms with E-state index in [0.717, 1.165) is 54.9 Å². The minimum atomic E-state index is -5.08. The molecule has 0 bridgehead atoms. The summed E-state index contributed by atoms with van der Waals surface area (Å²) in [6.45, 7) is 3.60. The van der Waals surface area contributed by atoms with Crippen molar-refractivity contribution in [3.8, 4) is 6.07 Å². The second-order valence-electron chi connectivity index (χ2n) is 9.87. The molecule has 1 aliphatic heterocycles. The molecule has 1 fully saturated rings. The second kappa shape index (κ2) is 13.9. The molecule has 0 amide bonds. The Kier molecular flexibility index (Phi) is 10.6. The third kappa shape index (κ3) is 8.64. The molecule has 1 aliphatic rings. The lowest BCUT2D eigenvalue weighted by molar-refractivity contribution is -0.192. The van der Waals surface area contributed by atoms with Crippen molar-refractivity contribution in [1.29, 1.82) is 5.26 Å². The van der Waals surface area contributed by atoms with E-state index >= 15 is 0 Å². The van der Waals surface area contributed by atoms with Crippen LogP contribution in [-0.2, 0) is 40.4 Å². The summed E-state index contributed by atoms with van der Waals surface area (Å²) in [7, 11) is 1.48. The number of aromatic nitrogens is 2. The van der Waals surface area contributed by atoms with E-state index in [1.807, 2.05) is 48.9 Å². The van der Waals surface area contributed by atoms with E-state index < -0.39 is 17.6 Å². The number of alkyl halides is 3. The number of halogens is 3. The summed E-state index contributed by atoms with van der Waals surface area (Å²) in [6.07, 6.45) is 0.829. The maximum absolute atomic E-state index is 12.9. The smallest absolute Gasteiger partial charge is 0.475 e. The van der Waals surface area contributed by atoms with E-state index in [4.69, 9.17) is 25.6 Å². The molecule has 12 heteroatoms. The maximum Gasteiger partial charge on any atom is 0.490 e. The van der Waals surface area contributed by atoms with Crippen molar-refractivity contribution >= 4 is 11.9 Å². The number of carbonyl (C=O) groups excluding carboxylic acids is 1. The van der Waals surface area contributed by atoms with Gasteiger partial charge in [0.15, 0.2) is 0 Å². The number of imidazole rings is 1. The van der Waals surface area contributed by atoms with Gasteiger partial charge < -0.3 is 20.1 Å². The zero-order valence-electron chi connectivity index (χ0n) is 22.6. The fourth-order valence-electron chi connectivity index (χ4n) is 4.80. The first-order chi connectivity index (χ1) is 19.5. The van der Waals surface area contributed by atoms with Crippen LogP contribution in [0.4, 0.5) is 13.2 Å². The molecule has 3 aromatic rings. The Morgan fingerprint density at radius 2 is 1.73 bits per heavy atom. The first-order valence-corrected chi connectivity index (χ1v) is 12.9. The number of rotatable bonds is 8. The van der Waals surface area contributed by atoms with Crippen LogP contribution < -0.4 is 5.73 Å². The van der Waals surface area contributed by atoms with Gasteiger partial charge in [0.1, 0.15) is 0 Å². The molecule has 0 atom stereocenters. The van der Waals surface area contributed by atoms with Gasteiger partial charge in [0, 0.05) is 25.8 Å². The molecule has 4 rings (SSSR count). The highest BCUT2D eigenvalue weighted by Gasteiger charge is 2.42. The molecule has 2 aromatic carbocycles. The van der Waals surface area contributed by atoms with E-state index in [1.54, 1.807) is 0 Å². The topological polar surface area (TPSA) is 134 Å². The third-order valence-corrected chi connectivity index (χ3v) is 7.06. The molecule has 0 spiro atoms. The molecule has 41 heavy (non-hydrogen) atoms. The molecule has 0 radical (unpaired) electrons. The highest BCUT2D eigenvalue weighted by Crippen LogP contribution is 2.37. The van der Waals surface area contributed by atoms with E-state index in [1.165, 1.54) is 7.11 Å². The summed E-state index contributed by atoms with van der Waals surface area (Å²) in [5.74, 6) is -2.89. The number of piperidine rings is 1. The monoisotopic (exact) mass is 571 g/mol. The number of carboxylic acid groups (broad SMARTS) is 1. The Labute approximate surface area is 236 Å². The lowest BCUT2D eigenvalue weighted by Gasteiger charge is -2.40. The molecular formula is C29H32F3N5O4. The summed E-state index contributed by atoms with van der Waals surface area (Å²) >= 11 is 0. The van der Waals surface area contributed by atoms with Crippen molar-refractivity contribution in [1.82, 2.24) is 14.5 Å². The molecule has 3 N–H and O–H groups in total. The van der Waals surface area contributed by atoms with Crippen molar-refractivity contribution in [2.75, 3.05) is 20.2 Å². The number of nitrogens with zero attached hydrogens (tertiary/aromatic N) is 4. The van der Waals surface area contributed by atoms with E-state index in [9.17, 15) is 18.0 Å². The SMILES string of the molecule is COC(=O)C1(Cc2cccc(CN)c2)CCN(Cc2cncn2Cc2ccc(C#N)cc2)CC1.O=C(O)C(F)(F)F. The molecule has 0 aliphatic carbocycles. The molecule has 1 aromatic heterocycles. The molecule has 218 valence electrons. The van der Waals surface area contributed by atoms with E-state index in [2.05, 4.69) is 32.7 Å². The number of likely N-dealkylation sites (tertiary alicyclic amines) is 1. The van der Waals surface area contributed by atoms with Crippen LogP contribution in [0.1, 0.15) is 40.8 Å². The quantitative estimate of drug-likeness (QED) is 0.389. The van der Waals surface area contributed by atoms with Crippen molar-refractivity contribution in [2.24, 2.45) is 11.1 Å². The Bertz CT molecular complexity index is 1360. The van der Waals surface area contributed by atoms with Gasteiger partial charge in [0.25, 0.3) is 0 Å². The van der Waals surface area contributed by atoms with Gasteiger partial charge in [-0.15, -0.1) is 0 Å². The number of benzene rings is 2. The van der Waals surface area contributed by atoms with Crippen molar-refractivity contribution in [2.45, 2.75) is 45.1 Å². The van der Waals surface area contributed by atoms with Crippen LogP contribution in [0.2, 0.25) is 0 Å². The molecular weight excluding hydrogens is 539 g/mol. The third-order valence-electron chi connectivity index (χ3n) is 7.06. The van der Waals surface area contributed by atoms with E-state index in [-0.39, 0.29) is 5.97 Å². The lowest BCUT2D eigenvalue weighted by Crippen LogP contribution is -2.46. The largest absolute Gasteiger partial charge is 0.490 e. The molecule has 0 saturated carbocycles. The number of hydrogen-bond acceptors (Lipinski definition) is 7. The first kappa shape index (κ1) is 31.3. The number of hydrogen-bond donors (Lipinski definition) is 2. The van der Waals surface area contributed by atoms with E-state index in [0.29, 0.717) is 25.1 Å². The summed E-state index contributed by atoms with van der Waals surface area (Å²) in [5.41, 5.74) is 10.4. The van der Waals surface area contributed by atoms with Crippen LogP contribution in [0.15, 0.2) is 61.1 Å². The van der Waals surface area contributed by atoms with Crippen LogP contribution in [0.3, 0.4) is 0 Å². The van der Waals surface area contributed by atoms with Crippen LogP contribution >= 0.6 is 0 Å². The molecule has 1 saturated heterocycles. The lowest BCUT2D eigenvalue weighted by atomic mass is 9.73. The zero-order chi connectivity index (χ0) is 30.0. The minimum Gasteiger partial charge on any atom is -0.475 e. The van der Waals surface area contributed by atoms with Crippen molar-refractivity contribution in [3.05, 3.63) is 89.0 Å². The number of nitriles is 1. The standard InChI is InChI=1S/C27H31N5O2.C2HF3O2/c1-34-26(33)27(14-23-3-2-4-24(13-23)16-29)9-11-31(12-10-27)19-25-17-30-20-32(25)18-22-7-5-21(15-28)6-8-22;3-2(4,5)1(6)7/h2-8,13,17,20H,9-12,14,16,18-19,29H2,1H3;(H,6,7). The number of nitrogens with two attached hydrogens (primary N) is 1. The van der Waals surface area contributed by atoms with Gasteiger partial charge in [-0.1, -0.05) is 36.4 Å². The molecule has 0 unspecified atom stereocenters. The highest BCUT2D eigenvalue weighted by molar-refractivity contribution is 5.77. The van der Waals surface area contributed by atoms with Crippen LogP contribution in [0.5, 0.6) is 0 Å². The molecule has 2 heterocycles. The highest BCUT2D eigenvalue weighted by atomic mass is 19.4. The predicted octanol–water partition coefficient (Wildman–Crippen LogP) is 3.89. The Balaban J connectivity index is 0.000000587. The minimum absolute atomic E-state index is 0.129. The van der Waals surface area contributed by atoms with Gasteiger partial charge in [-0.2, -0.15) is 18.4 Å². The van der Waals surface area contributed by atoms with Crippen LogP contribution in [0, 0.1) is 16.7 Å². The average Bonchev–Trinajstić information content (AvgIpc) is 3.40. The Hall–Kier alpha value is -4.21. The predicted molar refractivity (Wildman–Crippen MR) is 143 cm³/mol. The summed E-state index contributed by atoms with van der Waals surface area (Å²) in [6, 6.07) is 18.0. The Morgan fingerprint density at radius 3 is 2.29 bits per heavy atom. The number of esters is 1. The van der Waals surface area contributed by atoms with Crippen molar-refractivity contribution < 1.29 is 32.6 Å². The van der Waals surface area contributed by atoms with Crippen molar-refractivity contribution in [3.63, 3.8) is 0 Å². The van der Waals surface area contributed by atoms with Gasteiger partial charge in [-0.3, -0.25) is 9.69 Å². The average molecular weight is 572 g/mol. The van der Waals surface area contributed by atoms with Gasteiger partial charge in [0.2, 0.25) is 0 Å². The summed E-state index contributed by atoms with van der Waals surface area (Å²) in [4.78, 5) is 28.5. The normalized spacial score (nSPS) is 14.8. The zero-order valence-corrected chi connectivity index (χ0v) is 22.6. The Morgan fingerprint density at radius 1 is 1.10 bits per heavy atom. The summed E-state index contributed by atoms with van der Waals surface area (Å²) < 4.78 is 39.1. The second-order valence-corrected chi connectivity index (χ2v) is 9.87. The van der Waals surface area contributed by atoms with Gasteiger partial charge in [0.05, 0.1) is 36.2 Å². The number of methoxy groups -OCH3 is 1. The van der Waals surface area contributed by atoms with Crippen LogP contribution in [-0.4, -0.2) is 57.9 Å². The summed E-state index contributed by atoms with van der Waals surface area (Å²) in [5, 5.41) is 16.1. The molecule has 9 nitrogen and oxygen atoms in total. The fourth-order valence-corrected chi connectivity index (χ4v) is 4.80. The number of aliphatic carboxylic acids is 1. The first-order valence-electron chi connectivity index (χ1n) is 12.9. The van der Waals surface area contributed by atoms with Gasteiger partial charge in [-0.25, -0.2) is 9.78 Å². The number of carboxylic acids is 1. The maximum atomic E-state index is 12.9. The van der Waals surface area contributed by atoms with Crippen LogP contribution in [0.25, 0.3) is 0 Å². The number of carbonyl (C=O) groups is 2.